The van der Waals surface area contributed by atoms with Gasteiger partial charge in [-0.15, -0.1) is 13.2 Å². The van der Waals surface area contributed by atoms with E-state index < -0.39 is 34.1 Å². The van der Waals surface area contributed by atoms with Gasteiger partial charge in [0, 0.05) is 5.56 Å². The molecule has 6 nitrogen and oxygen atoms in total. The van der Waals surface area contributed by atoms with Crippen molar-refractivity contribution >= 4 is 11.7 Å². The number of methoxy groups -OCH3 is 1. The molecule has 0 aliphatic rings. The van der Waals surface area contributed by atoms with Crippen LogP contribution in [0.25, 0.3) is 0 Å². The van der Waals surface area contributed by atoms with E-state index >= 15 is 0 Å². The average Bonchev–Trinajstić information content (AvgIpc) is 2.35. The number of hydrogen-bond acceptors (Lipinski definition) is 5. The Morgan fingerprint density at radius 1 is 1.29 bits per heavy atom. The number of alkyl halides is 3. The molecule has 21 heavy (non-hydrogen) atoms. The molecule has 0 unspecified atom stereocenters. The van der Waals surface area contributed by atoms with Crippen LogP contribution in [-0.2, 0) is 14.9 Å². The second-order valence-electron chi connectivity index (χ2n) is 4.60. The topological polar surface area (TPSA) is 78.7 Å². The van der Waals surface area contributed by atoms with Gasteiger partial charge in [0.1, 0.15) is 5.75 Å². The van der Waals surface area contributed by atoms with E-state index in [0.717, 1.165) is 19.2 Å². The van der Waals surface area contributed by atoms with Gasteiger partial charge in [-0.2, -0.15) is 0 Å². The van der Waals surface area contributed by atoms with Crippen molar-refractivity contribution in [2.75, 3.05) is 7.11 Å². The molecule has 9 heteroatoms. The number of nitrogens with zero attached hydrogens (tertiary/aromatic N) is 1. The first-order valence-electron chi connectivity index (χ1n) is 5.62. The number of halogens is 3. The summed E-state index contributed by atoms with van der Waals surface area (Å²) in [6, 6.07) is 2.56. The highest BCUT2D eigenvalue weighted by atomic mass is 19.4. The van der Waals surface area contributed by atoms with Crippen molar-refractivity contribution in [2.45, 2.75) is 25.6 Å². The smallest absolute Gasteiger partial charge is 0.468 e. The van der Waals surface area contributed by atoms with Crippen LogP contribution in [-0.4, -0.2) is 24.4 Å². The molecule has 0 aromatic heterocycles. The Bertz CT molecular complexity index is 569. The second-order valence-corrected chi connectivity index (χ2v) is 4.60. The minimum Gasteiger partial charge on any atom is -0.468 e. The van der Waals surface area contributed by atoms with E-state index in [1.54, 1.807) is 0 Å². The van der Waals surface area contributed by atoms with Crippen LogP contribution in [0.5, 0.6) is 5.75 Å². The van der Waals surface area contributed by atoms with Gasteiger partial charge in [-0.25, -0.2) is 0 Å². The van der Waals surface area contributed by atoms with Crippen molar-refractivity contribution in [3.63, 3.8) is 0 Å². The number of rotatable bonds is 4. The fourth-order valence-corrected chi connectivity index (χ4v) is 1.75. The Hall–Kier alpha value is -2.32. The molecule has 1 aromatic carbocycles. The lowest BCUT2D eigenvalue weighted by Gasteiger charge is -2.22. The minimum absolute atomic E-state index is 0.0751. The van der Waals surface area contributed by atoms with Crippen LogP contribution in [0.4, 0.5) is 18.9 Å². The van der Waals surface area contributed by atoms with Crippen molar-refractivity contribution in [3.05, 3.63) is 33.9 Å². The van der Waals surface area contributed by atoms with E-state index in [-0.39, 0.29) is 5.56 Å². The van der Waals surface area contributed by atoms with E-state index in [4.69, 9.17) is 0 Å². The Balaban J connectivity index is 3.36. The predicted molar refractivity (Wildman–Crippen MR) is 64.8 cm³/mol. The largest absolute Gasteiger partial charge is 0.573 e. The SMILES string of the molecule is COC(=O)C(C)(C)c1ccc(OC(F)(F)F)cc1[N+](=O)[O-]. The number of carbonyl (C=O) groups excluding carboxylic acids is 1. The summed E-state index contributed by atoms with van der Waals surface area (Å²) in [5.74, 6) is -1.49. The van der Waals surface area contributed by atoms with Gasteiger partial charge in [-0.05, 0) is 26.0 Å². The van der Waals surface area contributed by atoms with Gasteiger partial charge in [0.2, 0.25) is 0 Å². The van der Waals surface area contributed by atoms with Crippen molar-refractivity contribution in [2.24, 2.45) is 0 Å². The van der Waals surface area contributed by atoms with Crippen molar-refractivity contribution < 1.29 is 32.4 Å². The summed E-state index contributed by atoms with van der Waals surface area (Å²) in [6.07, 6.45) is -4.97. The number of hydrogen-bond donors (Lipinski definition) is 0. The molecule has 0 spiro atoms. The zero-order valence-corrected chi connectivity index (χ0v) is 11.4. The molecule has 116 valence electrons. The second kappa shape index (κ2) is 5.58. The first kappa shape index (κ1) is 16.7. The first-order valence-corrected chi connectivity index (χ1v) is 5.62. The van der Waals surface area contributed by atoms with E-state index in [9.17, 15) is 28.1 Å². The third-order valence-corrected chi connectivity index (χ3v) is 2.77. The summed E-state index contributed by atoms with van der Waals surface area (Å²) in [5, 5.41) is 11.0. The number of nitro groups is 1. The first-order chi connectivity index (χ1) is 9.49. The van der Waals surface area contributed by atoms with E-state index in [1.165, 1.54) is 13.8 Å². The molecular weight excluding hydrogens is 295 g/mol. The monoisotopic (exact) mass is 307 g/mol. The molecule has 0 radical (unpaired) electrons. The molecule has 0 heterocycles. The summed E-state index contributed by atoms with van der Waals surface area (Å²) >= 11 is 0. The molecule has 0 bridgehead atoms. The lowest BCUT2D eigenvalue weighted by atomic mass is 9.83. The molecule has 0 fully saturated rings. The predicted octanol–water partition coefficient (Wildman–Crippen LogP) is 2.94. The van der Waals surface area contributed by atoms with Gasteiger partial charge >= 0.3 is 12.3 Å². The fraction of sp³-hybridized carbons (Fsp3) is 0.417. The zero-order valence-electron chi connectivity index (χ0n) is 11.4. The minimum atomic E-state index is -4.97. The number of nitro benzene ring substituents is 1. The summed E-state index contributed by atoms with van der Waals surface area (Å²) < 4.78 is 44.5. The highest BCUT2D eigenvalue weighted by Gasteiger charge is 2.38. The van der Waals surface area contributed by atoms with Gasteiger partial charge < -0.3 is 9.47 Å². The van der Waals surface area contributed by atoms with Crippen molar-refractivity contribution in [1.82, 2.24) is 0 Å². The molecule has 0 atom stereocenters. The number of carbonyl (C=O) groups is 1. The van der Waals surface area contributed by atoms with Gasteiger partial charge in [0.15, 0.2) is 0 Å². The van der Waals surface area contributed by atoms with Crippen LogP contribution in [0.2, 0.25) is 0 Å². The maximum atomic E-state index is 12.1. The van der Waals surface area contributed by atoms with Crippen molar-refractivity contribution in [1.29, 1.82) is 0 Å². The van der Waals surface area contributed by atoms with Crippen LogP contribution in [0, 0.1) is 10.1 Å². The lowest BCUT2D eigenvalue weighted by molar-refractivity contribution is -0.386. The maximum Gasteiger partial charge on any atom is 0.573 e. The Morgan fingerprint density at radius 2 is 1.86 bits per heavy atom. The van der Waals surface area contributed by atoms with Gasteiger partial charge in [-0.1, -0.05) is 0 Å². The lowest BCUT2D eigenvalue weighted by Crippen LogP contribution is -2.31. The van der Waals surface area contributed by atoms with Crippen LogP contribution in [0.1, 0.15) is 19.4 Å². The average molecular weight is 307 g/mol. The summed E-state index contributed by atoms with van der Waals surface area (Å²) in [5.41, 5.74) is -2.13. The summed E-state index contributed by atoms with van der Waals surface area (Å²) in [4.78, 5) is 21.8. The van der Waals surface area contributed by atoms with E-state index in [0.29, 0.717) is 6.07 Å². The molecule has 0 aliphatic carbocycles. The summed E-state index contributed by atoms with van der Waals surface area (Å²) in [6.45, 7) is 2.73. The molecule has 0 saturated carbocycles. The van der Waals surface area contributed by atoms with E-state index in [2.05, 4.69) is 9.47 Å². The van der Waals surface area contributed by atoms with Crippen molar-refractivity contribution in [3.8, 4) is 5.75 Å². The van der Waals surface area contributed by atoms with Crippen LogP contribution in [0.3, 0.4) is 0 Å². The summed E-state index contributed by atoms with van der Waals surface area (Å²) in [7, 11) is 1.11. The standard InChI is InChI=1S/C12H12F3NO5/c1-11(2,10(17)20-3)8-5-4-7(21-12(13,14)15)6-9(8)16(18)19/h4-6H,1-3H3. The third kappa shape index (κ3) is 3.83. The van der Waals surface area contributed by atoms with E-state index in [1.807, 2.05) is 0 Å². The van der Waals surface area contributed by atoms with Gasteiger partial charge in [0.25, 0.3) is 5.69 Å². The molecule has 0 N–H and O–H groups in total. The molecule has 0 saturated heterocycles. The number of esters is 1. The molecule has 0 amide bonds. The Kier molecular flexibility index (Phi) is 4.45. The molecule has 1 rings (SSSR count). The maximum absolute atomic E-state index is 12.1. The third-order valence-electron chi connectivity index (χ3n) is 2.77. The Morgan fingerprint density at radius 3 is 2.29 bits per heavy atom. The highest BCUT2D eigenvalue weighted by Crippen LogP contribution is 2.36. The Labute approximate surface area is 117 Å². The van der Waals surface area contributed by atoms with Gasteiger partial charge in [-0.3, -0.25) is 14.9 Å². The number of ether oxygens (including phenoxy) is 2. The molecular formula is C12H12F3NO5. The van der Waals surface area contributed by atoms with Crippen LogP contribution < -0.4 is 4.74 Å². The highest BCUT2D eigenvalue weighted by molar-refractivity contribution is 5.83. The normalized spacial score (nSPS) is 11.9. The fourth-order valence-electron chi connectivity index (χ4n) is 1.75. The quantitative estimate of drug-likeness (QED) is 0.485. The zero-order chi connectivity index (χ0) is 16.4. The van der Waals surface area contributed by atoms with Crippen LogP contribution >= 0.6 is 0 Å². The molecule has 0 aliphatic heterocycles. The number of benzene rings is 1. The van der Waals surface area contributed by atoms with Crippen LogP contribution in [0.15, 0.2) is 18.2 Å². The van der Waals surface area contributed by atoms with Gasteiger partial charge in [0.05, 0.1) is 23.5 Å². The molecule has 1 aromatic rings.